The van der Waals surface area contributed by atoms with Gasteiger partial charge in [0.05, 0.1) is 0 Å². The summed E-state index contributed by atoms with van der Waals surface area (Å²) < 4.78 is 0. The average Bonchev–Trinajstić information content (AvgIpc) is 2.23. The van der Waals surface area contributed by atoms with Gasteiger partial charge in [-0.2, -0.15) is 0 Å². The van der Waals surface area contributed by atoms with Crippen LogP contribution in [-0.2, 0) is 0 Å². The van der Waals surface area contributed by atoms with Crippen molar-refractivity contribution in [3.63, 3.8) is 0 Å². The van der Waals surface area contributed by atoms with Gasteiger partial charge in [0.1, 0.15) is 0 Å². The molecule has 1 fully saturated rings. The fourth-order valence-electron chi connectivity index (χ4n) is 1.82. The van der Waals surface area contributed by atoms with Gasteiger partial charge in [-0.1, -0.05) is 12.2 Å². The van der Waals surface area contributed by atoms with Crippen LogP contribution in [0.1, 0.15) is 12.8 Å². The van der Waals surface area contributed by atoms with Crippen molar-refractivity contribution >= 4 is 9.24 Å². The van der Waals surface area contributed by atoms with Crippen molar-refractivity contribution in [3.05, 3.63) is 12.2 Å². The van der Waals surface area contributed by atoms with Gasteiger partial charge in [-0.25, -0.2) is 0 Å². The zero-order valence-corrected chi connectivity index (χ0v) is 6.03. The first-order valence-corrected chi connectivity index (χ1v) is 3.97. The molecule has 2 aliphatic carbocycles. The van der Waals surface area contributed by atoms with E-state index in [2.05, 4.69) is 21.4 Å². The summed E-state index contributed by atoms with van der Waals surface area (Å²) in [5.74, 6) is 1.87. The van der Waals surface area contributed by atoms with Gasteiger partial charge in [-0.3, -0.25) is 0 Å². The molecule has 2 aliphatic rings. The SMILES string of the molecule is PC1CC2C=CC1C2. The van der Waals surface area contributed by atoms with Gasteiger partial charge in [-0.15, -0.1) is 9.24 Å². The van der Waals surface area contributed by atoms with E-state index >= 15 is 0 Å². The zero-order chi connectivity index (χ0) is 5.56. The number of allylic oxidation sites excluding steroid dienone is 2. The second-order valence-corrected chi connectivity index (χ2v) is 3.80. The predicted octanol–water partition coefficient (Wildman–Crippen LogP) is 1.83. The van der Waals surface area contributed by atoms with E-state index < -0.39 is 0 Å². The minimum absolute atomic E-state index is 0.907. The van der Waals surface area contributed by atoms with Crippen molar-refractivity contribution in [2.45, 2.75) is 18.5 Å². The first-order valence-electron chi connectivity index (χ1n) is 3.30. The molecule has 2 bridgehead atoms. The predicted molar refractivity (Wildman–Crippen MR) is 38.9 cm³/mol. The summed E-state index contributed by atoms with van der Waals surface area (Å²) in [6.45, 7) is 0. The highest BCUT2D eigenvalue weighted by Gasteiger charge is 2.32. The lowest BCUT2D eigenvalue weighted by Gasteiger charge is -2.09. The van der Waals surface area contributed by atoms with Crippen molar-refractivity contribution in [1.29, 1.82) is 0 Å². The van der Waals surface area contributed by atoms with Gasteiger partial charge in [0.15, 0.2) is 0 Å². The lowest BCUT2D eigenvalue weighted by atomic mass is 10.1. The summed E-state index contributed by atoms with van der Waals surface area (Å²) in [6, 6.07) is 0. The van der Waals surface area contributed by atoms with Crippen molar-refractivity contribution in [1.82, 2.24) is 0 Å². The van der Waals surface area contributed by atoms with Gasteiger partial charge in [0.2, 0.25) is 0 Å². The Hall–Kier alpha value is 0.170. The minimum Gasteiger partial charge on any atom is -0.134 e. The molecule has 0 aliphatic heterocycles. The minimum atomic E-state index is 0.907. The molecule has 0 saturated heterocycles. The number of rotatable bonds is 0. The van der Waals surface area contributed by atoms with Gasteiger partial charge in [0, 0.05) is 0 Å². The first-order chi connectivity index (χ1) is 3.86. The summed E-state index contributed by atoms with van der Waals surface area (Å²) in [6.07, 6.45) is 7.62. The second kappa shape index (κ2) is 1.57. The van der Waals surface area contributed by atoms with E-state index in [-0.39, 0.29) is 0 Å². The quantitative estimate of drug-likeness (QED) is 0.343. The highest BCUT2D eigenvalue weighted by molar-refractivity contribution is 7.17. The molecule has 4 unspecified atom stereocenters. The summed E-state index contributed by atoms with van der Waals surface area (Å²) >= 11 is 0. The van der Waals surface area contributed by atoms with Gasteiger partial charge in [0.25, 0.3) is 0 Å². The van der Waals surface area contributed by atoms with E-state index in [0.717, 1.165) is 17.5 Å². The van der Waals surface area contributed by atoms with Crippen molar-refractivity contribution < 1.29 is 0 Å². The fraction of sp³-hybridized carbons (Fsp3) is 0.714. The molecule has 0 aromatic rings. The topological polar surface area (TPSA) is 0 Å². The van der Waals surface area contributed by atoms with Crippen molar-refractivity contribution in [2.24, 2.45) is 11.8 Å². The molecule has 0 aromatic heterocycles. The molecule has 0 nitrogen and oxygen atoms in total. The van der Waals surface area contributed by atoms with Crippen molar-refractivity contribution in [2.75, 3.05) is 0 Å². The van der Waals surface area contributed by atoms with E-state index in [1.165, 1.54) is 12.8 Å². The van der Waals surface area contributed by atoms with Gasteiger partial charge < -0.3 is 0 Å². The Bertz CT molecular complexity index is 128. The maximum Gasteiger partial charge on any atom is -0.0165 e. The van der Waals surface area contributed by atoms with Gasteiger partial charge >= 0.3 is 0 Å². The molecule has 1 heteroatoms. The Labute approximate surface area is 52.6 Å². The maximum atomic E-state index is 2.94. The largest absolute Gasteiger partial charge is 0.134 e. The maximum absolute atomic E-state index is 2.94. The van der Waals surface area contributed by atoms with E-state index in [9.17, 15) is 0 Å². The molecule has 0 aromatic carbocycles. The summed E-state index contributed by atoms with van der Waals surface area (Å²) in [5.41, 5.74) is 0.907. The molecule has 0 radical (unpaired) electrons. The zero-order valence-electron chi connectivity index (χ0n) is 4.88. The van der Waals surface area contributed by atoms with Crippen LogP contribution in [0.2, 0.25) is 0 Å². The van der Waals surface area contributed by atoms with Crippen LogP contribution in [0, 0.1) is 11.8 Å². The second-order valence-electron chi connectivity index (χ2n) is 2.94. The van der Waals surface area contributed by atoms with E-state index in [4.69, 9.17) is 0 Å². The highest BCUT2D eigenvalue weighted by atomic mass is 31.0. The number of hydrogen-bond acceptors (Lipinski definition) is 0. The van der Waals surface area contributed by atoms with Crippen LogP contribution in [0.3, 0.4) is 0 Å². The Morgan fingerprint density at radius 2 is 2.12 bits per heavy atom. The van der Waals surface area contributed by atoms with E-state index in [1.54, 1.807) is 0 Å². The number of fused-ring (bicyclic) bond motifs is 2. The third-order valence-electron chi connectivity index (χ3n) is 2.33. The van der Waals surface area contributed by atoms with Gasteiger partial charge in [-0.05, 0) is 30.3 Å². The van der Waals surface area contributed by atoms with Crippen LogP contribution < -0.4 is 0 Å². The molecule has 2 rings (SSSR count). The Morgan fingerprint density at radius 3 is 2.38 bits per heavy atom. The van der Waals surface area contributed by atoms with Crippen LogP contribution in [0.5, 0.6) is 0 Å². The number of hydrogen-bond donors (Lipinski definition) is 0. The van der Waals surface area contributed by atoms with Crippen LogP contribution >= 0.6 is 9.24 Å². The van der Waals surface area contributed by atoms with E-state index in [1.807, 2.05) is 0 Å². The molecule has 8 heavy (non-hydrogen) atoms. The van der Waals surface area contributed by atoms with E-state index in [0.29, 0.717) is 0 Å². The third kappa shape index (κ3) is 0.559. The lowest BCUT2D eigenvalue weighted by Crippen LogP contribution is -2.03. The standard InChI is InChI=1S/C7H11P/c8-7-4-5-1-2-6(7)3-5/h1-2,5-7H,3-4,8H2. The summed E-state index contributed by atoms with van der Waals surface area (Å²) in [7, 11) is 2.94. The average molecular weight is 126 g/mol. The molecular formula is C7H11P. The molecule has 44 valence electrons. The Kier molecular flexibility index (Phi) is 0.983. The molecule has 1 saturated carbocycles. The van der Waals surface area contributed by atoms with Crippen LogP contribution in [0.4, 0.5) is 0 Å². The summed E-state index contributed by atoms with van der Waals surface area (Å²) in [4.78, 5) is 0. The molecule has 0 N–H and O–H groups in total. The smallest absolute Gasteiger partial charge is 0.0165 e. The highest BCUT2D eigenvalue weighted by Crippen LogP contribution is 2.42. The van der Waals surface area contributed by atoms with Crippen LogP contribution in [0.15, 0.2) is 12.2 Å². The molecule has 0 amide bonds. The monoisotopic (exact) mass is 126 g/mol. The Balaban J connectivity index is 2.23. The first kappa shape index (κ1) is 4.99. The van der Waals surface area contributed by atoms with Crippen LogP contribution in [-0.4, -0.2) is 5.66 Å². The Morgan fingerprint density at radius 1 is 1.25 bits per heavy atom. The third-order valence-corrected chi connectivity index (χ3v) is 3.10. The van der Waals surface area contributed by atoms with Crippen molar-refractivity contribution in [3.8, 4) is 0 Å². The summed E-state index contributed by atoms with van der Waals surface area (Å²) in [5, 5.41) is 0. The van der Waals surface area contributed by atoms with Crippen LogP contribution in [0.25, 0.3) is 0 Å². The molecule has 4 atom stereocenters. The molecule has 0 spiro atoms. The normalized spacial score (nSPS) is 50.9. The molecule has 0 heterocycles. The molecular weight excluding hydrogens is 115 g/mol. The lowest BCUT2D eigenvalue weighted by molar-refractivity contribution is 0.692. The fourth-order valence-corrected chi connectivity index (χ4v) is 2.46.